The highest BCUT2D eigenvalue weighted by Gasteiger charge is 2.36. The number of aromatic nitrogens is 3. The Morgan fingerprint density at radius 1 is 1.17 bits per heavy atom. The third kappa shape index (κ3) is 3.70. The van der Waals surface area contributed by atoms with Gasteiger partial charge in [-0.2, -0.15) is 5.10 Å². The number of rotatable bonds is 5. The first-order valence-electron chi connectivity index (χ1n) is 10.1. The van der Waals surface area contributed by atoms with Gasteiger partial charge in [-0.3, -0.25) is 19.3 Å². The van der Waals surface area contributed by atoms with Gasteiger partial charge in [0.15, 0.2) is 11.4 Å². The second-order valence-electron chi connectivity index (χ2n) is 7.77. The second kappa shape index (κ2) is 8.10. The molecular formula is C23H24N4O3. The number of carbonyl (C=O) groups is 1. The normalized spacial score (nSPS) is 15.1. The van der Waals surface area contributed by atoms with E-state index in [4.69, 9.17) is 0 Å². The molecule has 0 aliphatic heterocycles. The third-order valence-electron chi connectivity index (χ3n) is 5.90. The van der Waals surface area contributed by atoms with Crippen molar-refractivity contribution in [3.63, 3.8) is 0 Å². The molecule has 0 atom stereocenters. The number of carbonyl (C=O) groups excluding carboxylic acids is 1. The molecule has 0 unspecified atom stereocenters. The van der Waals surface area contributed by atoms with Crippen molar-refractivity contribution in [2.24, 2.45) is 0 Å². The second-order valence-corrected chi connectivity index (χ2v) is 7.77. The van der Waals surface area contributed by atoms with Crippen LogP contribution in [-0.4, -0.2) is 32.8 Å². The molecule has 3 aromatic rings. The summed E-state index contributed by atoms with van der Waals surface area (Å²) in [5.41, 5.74) is 2.17. The number of nitrogens with zero attached hydrogens (tertiary/aromatic N) is 3. The summed E-state index contributed by atoms with van der Waals surface area (Å²) in [7, 11) is 1.43. The van der Waals surface area contributed by atoms with Crippen LogP contribution in [0.25, 0.3) is 11.1 Å². The van der Waals surface area contributed by atoms with Gasteiger partial charge in [0.1, 0.15) is 0 Å². The summed E-state index contributed by atoms with van der Waals surface area (Å²) in [6, 6.07) is 12.4. The molecule has 0 spiro atoms. The molecule has 7 heteroatoms. The van der Waals surface area contributed by atoms with Crippen molar-refractivity contribution in [3.05, 3.63) is 76.5 Å². The highest BCUT2D eigenvalue weighted by molar-refractivity contribution is 5.92. The summed E-state index contributed by atoms with van der Waals surface area (Å²) >= 11 is 0. The fourth-order valence-electron chi connectivity index (χ4n) is 4.34. The Morgan fingerprint density at radius 2 is 1.90 bits per heavy atom. The zero-order valence-corrected chi connectivity index (χ0v) is 16.8. The maximum absolute atomic E-state index is 12.1. The lowest BCUT2D eigenvalue weighted by Crippen LogP contribution is -2.33. The lowest BCUT2D eigenvalue weighted by atomic mass is 9.78. The highest BCUT2D eigenvalue weighted by Crippen LogP contribution is 2.43. The van der Waals surface area contributed by atoms with E-state index in [1.807, 2.05) is 12.1 Å². The van der Waals surface area contributed by atoms with Gasteiger partial charge < -0.3 is 10.4 Å². The Bertz CT molecular complexity index is 1120. The minimum absolute atomic E-state index is 0.183. The van der Waals surface area contributed by atoms with E-state index in [-0.39, 0.29) is 11.1 Å². The molecule has 1 amide bonds. The molecule has 1 aromatic carbocycles. The summed E-state index contributed by atoms with van der Waals surface area (Å²) in [5.74, 6) is -1.08. The van der Waals surface area contributed by atoms with E-state index in [0.717, 1.165) is 36.8 Å². The lowest BCUT2D eigenvalue weighted by molar-refractivity contribution is 0.0953. The van der Waals surface area contributed by atoms with E-state index >= 15 is 0 Å². The Labute approximate surface area is 174 Å². The zero-order valence-electron chi connectivity index (χ0n) is 16.8. The summed E-state index contributed by atoms with van der Waals surface area (Å²) in [5, 5.41) is 16.7. The first kappa shape index (κ1) is 19.8. The van der Waals surface area contributed by atoms with Gasteiger partial charge in [-0.25, -0.2) is 0 Å². The first-order chi connectivity index (χ1) is 14.5. The van der Waals surface area contributed by atoms with Crippen molar-refractivity contribution in [3.8, 4) is 16.9 Å². The molecule has 0 saturated heterocycles. The maximum Gasteiger partial charge on any atom is 0.275 e. The van der Waals surface area contributed by atoms with E-state index < -0.39 is 17.1 Å². The summed E-state index contributed by atoms with van der Waals surface area (Å²) < 4.78 is 1.53. The lowest BCUT2D eigenvalue weighted by Gasteiger charge is -2.31. The Balaban J connectivity index is 1.74. The molecule has 1 fully saturated rings. The number of hydrogen-bond acceptors (Lipinski definition) is 5. The number of pyridine rings is 1. The monoisotopic (exact) mass is 404 g/mol. The van der Waals surface area contributed by atoms with Crippen LogP contribution < -0.4 is 10.7 Å². The smallest absolute Gasteiger partial charge is 0.275 e. The van der Waals surface area contributed by atoms with Crippen LogP contribution in [0.15, 0.2) is 59.8 Å². The van der Waals surface area contributed by atoms with Crippen LogP contribution in [0.1, 0.15) is 41.7 Å². The molecule has 2 heterocycles. The molecule has 1 saturated carbocycles. The van der Waals surface area contributed by atoms with Crippen LogP contribution in [0.5, 0.6) is 5.75 Å². The largest absolute Gasteiger partial charge is 0.503 e. The molecular weight excluding hydrogens is 380 g/mol. The van der Waals surface area contributed by atoms with Crippen molar-refractivity contribution >= 4 is 5.91 Å². The van der Waals surface area contributed by atoms with E-state index in [1.54, 1.807) is 12.4 Å². The molecule has 1 aliphatic rings. The summed E-state index contributed by atoms with van der Waals surface area (Å²) in [4.78, 5) is 28.2. The maximum atomic E-state index is 12.1. The van der Waals surface area contributed by atoms with E-state index in [9.17, 15) is 14.7 Å². The number of aromatic hydroxyl groups is 1. The van der Waals surface area contributed by atoms with Gasteiger partial charge in [0.05, 0.1) is 12.7 Å². The number of nitrogens with one attached hydrogen (secondary N) is 1. The molecule has 2 aromatic heterocycles. The Morgan fingerprint density at radius 3 is 2.60 bits per heavy atom. The average Bonchev–Trinajstić information content (AvgIpc) is 3.26. The van der Waals surface area contributed by atoms with Crippen LogP contribution in [0.3, 0.4) is 0 Å². The van der Waals surface area contributed by atoms with Crippen LogP contribution in [0.2, 0.25) is 0 Å². The SMILES string of the molecule is CNC(=O)c1nn(CC2(c3cccc(-c4ccncc4)c3)CCCC2)cc(O)c1=O. The third-order valence-corrected chi connectivity index (χ3v) is 5.90. The van der Waals surface area contributed by atoms with Crippen molar-refractivity contribution in [2.45, 2.75) is 37.6 Å². The van der Waals surface area contributed by atoms with Gasteiger partial charge in [0.25, 0.3) is 11.3 Å². The molecule has 4 rings (SSSR count). The molecule has 0 bridgehead atoms. The van der Waals surface area contributed by atoms with Gasteiger partial charge in [0, 0.05) is 24.9 Å². The predicted octanol–water partition coefficient (Wildman–Crippen LogP) is 2.88. The van der Waals surface area contributed by atoms with Crippen molar-refractivity contribution in [1.82, 2.24) is 20.1 Å². The quantitative estimate of drug-likeness (QED) is 0.682. The molecule has 0 radical (unpaired) electrons. The van der Waals surface area contributed by atoms with E-state index in [0.29, 0.717) is 6.54 Å². The summed E-state index contributed by atoms with van der Waals surface area (Å²) in [6.45, 7) is 0.477. The van der Waals surface area contributed by atoms with E-state index in [2.05, 4.69) is 39.7 Å². The van der Waals surface area contributed by atoms with Gasteiger partial charge in [-0.05, 0) is 41.7 Å². The Kier molecular flexibility index (Phi) is 5.35. The predicted molar refractivity (Wildman–Crippen MR) is 113 cm³/mol. The molecule has 7 nitrogen and oxygen atoms in total. The fourth-order valence-corrected chi connectivity index (χ4v) is 4.34. The van der Waals surface area contributed by atoms with Crippen LogP contribution in [0, 0.1) is 0 Å². The number of amides is 1. The van der Waals surface area contributed by atoms with Gasteiger partial charge in [-0.1, -0.05) is 37.1 Å². The van der Waals surface area contributed by atoms with Crippen molar-refractivity contribution < 1.29 is 9.90 Å². The average molecular weight is 404 g/mol. The minimum Gasteiger partial charge on any atom is -0.503 e. The van der Waals surface area contributed by atoms with Crippen LogP contribution >= 0.6 is 0 Å². The van der Waals surface area contributed by atoms with Crippen LogP contribution in [-0.2, 0) is 12.0 Å². The fraction of sp³-hybridized carbons (Fsp3) is 0.304. The summed E-state index contributed by atoms with van der Waals surface area (Å²) in [6.07, 6.45) is 9.00. The molecule has 2 N–H and O–H groups in total. The van der Waals surface area contributed by atoms with Crippen LogP contribution in [0.4, 0.5) is 0 Å². The molecule has 154 valence electrons. The Hall–Kier alpha value is -3.48. The van der Waals surface area contributed by atoms with Gasteiger partial charge in [0.2, 0.25) is 0 Å². The topological polar surface area (TPSA) is 97.1 Å². The first-order valence-corrected chi connectivity index (χ1v) is 10.1. The van der Waals surface area contributed by atoms with Crippen molar-refractivity contribution in [2.75, 3.05) is 7.05 Å². The number of benzene rings is 1. The van der Waals surface area contributed by atoms with Gasteiger partial charge in [-0.15, -0.1) is 0 Å². The van der Waals surface area contributed by atoms with Gasteiger partial charge >= 0.3 is 0 Å². The number of hydrogen-bond donors (Lipinski definition) is 2. The zero-order chi connectivity index (χ0) is 21.1. The van der Waals surface area contributed by atoms with Crippen molar-refractivity contribution in [1.29, 1.82) is 0 Å². The molecule has 30 heavy (non-hydrogen) atoms. The minimum atomic E-state index is -0.759. The van der Waals surface area contributed by atoms with E-state index in [1.165, 1.54) is 23.5 Å². The molecule has 1 aliphatic carbocycles. The highest BCUT2D eigenvalue weighted by atomic mass is 16.3. The standard InChI is InChI=1S/C23H24N4O3/c1-24-22(30)20-21(29)19(28)14-27(26-20)15-23(9-2-3-10-23)18-6-4-5-17(13-18)16-7-11-25-12-8-16/h4-8,11-14,28H,2-3,9-10,15H2,1H3,(H,24,30).